The summed E-state index contributed by atoms with van der Waals surface area (Å²) in [6.07, 6.45) is 1.74. The second-order valence-corrected chi connectivity index (χ2v) is 12.4. The molecular formula is C13H19BrFN2OSi+. The summed E-state index contributed by atoms with van der Waals surface area (Å²) in [6.45, 7) is 8.04. The van der Waals surface area contributed by atoms with Gasteiger partial charge in [-0.05, 0) is 12.1 Å². The highest BCUT2D eigenvalue weighted by molar-refractivity contribution is 9.10. The Morgan fingerprint density at radius 2 is 2.11 bits per heavy atom. The average molecular weight is 346 g/mol. The van der Waals surface area contributed by atoms with E-state index < -0.39 is 8.07 Å². The molecular weight excluding hydrogens is 327 g/mol. The van der Waals surface area contributed by atoms with E-state index in [4.69, 9.17) is 4.74 Å². The molecule has 1 N–H and O–H groups in total. The van der Waals surface area contributed by atoms with Crippen LogP contribution in [0, 0.1) is 5.82 Å². The molecule has 1 heterocycles. The van der Waals surface area contributed by atoms with Crippen molar-refractivity contribution in [1.29, 1.82) is 0 Å². The molecule has 0 atom stereocenters. The van der Waals surface area contributed by atoms with Gasteiger partial charge in [-0.15, -0.1) is 0 Å². The maximum atomic E-state index is 13.9. The third kappa shape index (κ3) is 3.87. The molecule has 0 radical (unpaired) electrons. The number of benzene rings is 1. The van der Waals surface area contributed by atoms with Crippen molar-refractivity contribution >= 4 is 35.0 Å². The number of nitrogens with zero attached hydrogens (tertiary/aromatic N) is 1. The van der Waals surface area contributed by atoms with E-state index in [1.165, 1.54) is 6.07 Å². The maximum absolute atomic E-state index is 13.9. The Morgan fingerprint density at radius 1 is 1.37 bits per heavy atom. The van der Waals surface area contributed by atoms with E-state index in [2.05, 4.69) is 40.6 Å². The fraction of sp³-hybridized carbons (Fsp3) is 0.462. The lowest BCUT2D eigenvalue weighted by Gasteiger charge is -2.14. The van der Waals surface area contributed by atoms with Crippen LogP contribution in [0.4, 0.5) is 4.39 Å². The third-order valence-corrected chi connectivity index (χ3v) is 5.08. The zero-order valence-corrected chi connectivity index (χ0v) is 14.1. The highest BCUT2D eigenvalue weighted by atomic mass is 79.9. The molecule has 104 valence electrons. The van der Waals surface area contributed by atoms with E-state index in [0.717, 1.165) is 22.6 Å². The molecule has 0 aliphatic carbocycles. The molecule has 0 saturated heterocycles. The molecule has 2 rings (SSSR count). The summed E-state index contributed by atoms with van der Waals surface area (Å²) in [4.78, 5) is 3.05. The van der Waals surface area contributed by atoms with Gasteiger partial charge in [-0.1, -0.05) is 35.6 Å². The molecule has 6 heteroatoms. The van der Waals surface area contributed by atoms with Crippen LogP contribution in [0.2, 0.25) is 25.7 Å². The predicted octanol–water partition coefficient (Wildman–Crippen LogP) is 3.67. The molecule has 0 fully saturated rings. The van der Waals surface area contributed by atoms with Crippen LogP contribution in [0.25, 0.3) is 11.0 Å². The smallest absolute Gasteiger partial charge is 0.244 e. The van der Waals surface area contributed by atoms with Crippen LogP contribution in [-0.4, -0.2) is 19.7 Å². The van der Waals surface area contributed by atoms with Crippen molar-refractivity contribution in [3.8, 4) is 0 Å². The second-order valence-electron chi connectivity index (χ2n) is 5.88. The molecule has 3 nitrogen and oxygen atoms in total. The first-order valence-electron chi connectivity index (χ1n) is 6.30. The lowest BCUT2D eigenvalue weighted by atomic mass is 10.3. The van der Waals surface area contributed by atoms with Crippen LogP contribution in [0.1, 0.15) is 0 Å². The fourth-order valence-electron chi connectivity index (χ4n) is 1.82. The van der Waals surface area contributed by atoms with Crippen molar-refractivity contribution in [2.75, 3.05) is 6.61 Å². The number of hydrogen-bond acceptors (Lipinski definition) is 1. The number of halogens is 2. The third-order valence-electron chi connectivity index (χ3n) is 2.92. The number of nitrogens with one attached hydrogen (secondary N) is 1. The van der Waals surface area contributed by atoms with E-state index in [-0.39, 0.29) is 5.82 Å². The quantitative estimate of drug-likeness (QED) is 0.500. The first kappa shape index (κ1) is 14.7. The van der Waals surface area contributed by atoms with Gasteiger partial charge < -0.3 is 4.74 Å². The minimum absolute atomic E-state index is 0.251. The number of fused-ring (bicyclic) bond motifs is 1. The molecule has 0 spiro atoms. The molecule has 0 aliphatic heterocycles. The number of ether oxygens (including phenoxy) is 1. The Labute approximate surface area is 121 Å². The van der Waals surface area contributed by atoms with Gasteiger partial charge in [0.1, 0.15) is 0 Å². The molecule has 1 aromatic carbocycles. The van der Waals surface area contributed by atoms with E-state index in [0.29, 0.717) is 12.2 Å². The van der Waals surface area contributed by atoms with Crippen molar-refractivity contribution in [3.05, 3.63) is 28.7 Å². The first-order chi connectivity index (χ1) is 8.87. The summed E-state index contributed by atoms with van der Waals surface area (Å²) < 4.78 is 22.1. The van der Waals surface area contributed by atoms with Crippen LogP contribution in [0.15, 0.2) is 22.9 Å². The summed E-state index contributed by atoms with van der Waals surface area (Å²) in [5, 5.41) is 0. The maximum Gasteiger partial charge on any atom is 0.244 e. The van der Waals surface area contributed by atoms with Gasteiger partial charge in [-0.25, -0.2) is 13.9 Å². The summed E-state index contributed by atoms with van der Waals surface area (Å²) in [6, 6.07) is 4.44. The number of imidazole rings is 1. The Bertz CT molecular complexity index is 580. The Hall–Kier alpha value is -0.723. The van der Waals surface area contributed by atoms with Gasteiger partial charge in [0.15, 0.2) is 18.1 Å². The molecule has 0 unspecified atom stereocenters. The van der Waals surface area contributed by atoms with Gasteiger partial charge in [0.2, 0.25) is 11.8 Å². The molecule has 19 heavy (non-hydrogen) atoms. The molecule has 0 saturated carbocycles. The first-order valence-corrected chi connectivity index (χ1v) is 10.8. The minimum Gasteiger partial charge on any atom is -0.342 e. The molecule has 0 aliphatic rings. The van der Waals surface area contributed by atoms with E-state index >= 15 is 0 Å². The van der Waals surface area contributed by atoms with Crippen LogP contribution in [-0.2, 0) is 11.5 Å². The van der Waals surface area contributed by atoms with Gasteiger partial charge in [-0.3, -0.25) is 0 Å². The molecule has 2 aromatic rings. The fourth-order valence-corrected chi connectivity index (χ4v) is 3.01. The largest absolute Gasteiger partial charge is 0.342 e. The lowest BCUT2D eigenvalue weighted by molar-refractivity contribution is -0.709. The topological polar surface area (TPSA) is 28.9 Å². The Kier molecular flexibility index (Phi) is 4.42. The SMILES string of the molecule is C[Si](C)(C)CCOC[n+]1c[nH]c2cc(Br)cc(F)c21. The number of rotatable bonds is 5. The normalized spacial score (nSPS) is 12.3. The van der Waals surface area contributed by atoms with Gasteiger partial charge in [0.25, 0.3) is 0 Å². The van der Waals surface area contributed by atoms with Crippen LogP contribution in [0.3, 0.4) is 0 Å². The Balaban J connectivity index is 2.06. The van der Waals surface area contributed by atoms with Crippen LogP contribution < -0.4 is 4.57 Å². The van der Waals surface area contributed by atoms with Gasteiger partial charge >= 0.3 is 0 Å². The zero-order valence-electron chi connectivity index (χ0n) is 11.5. The summed E-state index contributed by atoms with van der Waals surface area (Å²) >= 11 is 3.28. The highest BCUT2D eigenvalue weighted by Crippen LogP contribution is 2.19. The van der Waals surface area contributed by atoms with Crippen molar-refractivity contribution in [1.82, 2.24) is 4.98 Å². The minimum atomic E-state index is -1.07. The van der Waals surface area contributed by atoms with Crippen molar-refractivity contribution in [2.45, 2.75) is 32.4 Å². The standard InChI is InChI=1S/C13H18BrFN2OSi/c1-19(2,3)5-4-18-9-17-8-16-12-7-10(14)6-11(15)13(12)17/h6-8H,4-5,9H2,1-3H3/p+1. The predicted molar refractivity (Wildman–Crippen MR) is 80.3 cm³/mol. The van der Waals surface area contributed by atoms with E-state index in [9.17, 15) is 4.39 Å². The van der Waals surface area contributed by atoms with E-state index in [1.807, 2.05) is 6.07 Å². The number of aromatic amines is 1. The highest BCUT2D eigenvalue weighted by Gasteiger charge is 2.17. The van der Waals surface area contributed by atoms with Crippen LogP contribution in [0.5, 0.6) is 0 Å². The molecule has 1 aromatic heterocycles. The summed E-state index contributed by atoms with van der Waals surface area (Å²) in [5.41, 5.74) is 1.32. The van der Waals surface area contributed by atoms with Crippen molar-refractivity contribution in [3.63, 3.8) is 0 Å². The lowest BCUT2D eigenvalue weighted by Crippen LogP contribution is -2.35. The zero-order chi connectivity index (χ0) is 14.0. The van der Waals surface area contributed by atoms with Gasteiger partial charge in [0.05, 0.1) is 0 Å². The average Bonchev–Trinajstić information content (AvgIpc) is 2.66. The monoisotopic (exact) mass is 345 g/mol. The van der Waals surface area contributed by atoms with Gasteiger partial charge in [-0.2, -0.15) is 0 Å². The Morgan fingerprint density at radius 3 is 2.79 bits per heavy atom. The summed E-state index contributed by atoms with van der Waals surface area (Å²) in [7, 11) is -1.07. The number of H-pyrrole nitrogens is 1. The van der Waals surface area contributed by atoms with Crippen molar-refractivity contribution < 1.29 is 13.7 Å². The summed E-state index contributed by atoms with van der Waals surface area (Å²) in [5.74, 6) is -0.251. The van der Waals surface area contributed by atoms with Crippen molar-refractivity contribution in [2.24, 2.45) is 0 Å². The number of hydrogen-bond donors (Lipinski definition) is 1. The van der Waals surface area contributed by atoms with Gasteiger partial charge in [0, 0.05) is 25.2 Å². The second kappa shape index (κ2) is 5.72. The van der Waals surface area contributed by atoms with E-state index in [1.54, 1.807) is 10.9 Å². The molecule has 0 bridgehead atoms. The molecule has 0 amide bonds. The van der Waals surface area contributed by atoms with Crippen LogP contribution >= 0.6 is 15.9 Å². The number of aromatic nitrogens is 2.